The summed E-state index contributed by atoms with van der Waals surface area (Å²) in [6, 6.07) is 0. The lowest BCUT2D eigenvalue weighted by molar-refractivity contribution is 0.294. The highest BCUT2D eigenvalue weighted by Gasteiger charge is 2.65. The van der Waals surface area contributed by atoms with E-state index in [9.17, 15) is 0 Å². The summed E-state index contributed by atoms with van der Waals surface area (Å²) >= 11 is 0. The maximum absolute atomic E-state index is 5.46. The van der Waals surface area contributed by atoms with Crippen molar-refractivity contribution in [3.63, 3.8) is 0 Å². The molecule has 3 heteroatoms. The van der Waals surface area contributed by atoms with Crippen molar-refractivity contribution in [1.29, 1.82) is 0 Å². The molecular weight excluding hydrogens is 144 g/mol. The molecule has 6 atom stereocenters. The quantitative estimate of drug-likeness (QED) is 0.358. The van der Waals surface area contributed by atoms with Gasteiger partial charge in [-0.1, -0.05) is 12.2 Å². The van der Waals surface area contributed by atoms with Gasteiger partial charge in [-0.15, -0.1) is 0 Å². The summed E-state index contributed by atoms with van der Waals surface area (Å²) in [6.07, 6.45) is 6.26. The molecule has 4 rings (SSSR count). The molecule has 0 aromatic heterocycles. The lowest BCUT2D eigenvalue weighted by atomic mass is 10.1. The Morgan fingerprint density at radius 2 is 1.18 bits per heavy atom. The van der Waals surface area contributed by atoms with E-state index in [-0.39, 0.29) is 0 Å². The molecule has 3 nitrogen and oxygen atoms in total. The van der Waals surface area contributed by atoms with Crippen molar-refractivity contribution in [2.45, 2.75) is 36.6 Å². The molecule has 58 valence electrons. The molecule has 1 aliphatic carbocycles. The van der Waals surface area contributed by atoms with Gasteiger partial charge in [-0.25, -0.2) is 0 Å². The van der Waals surface area contributed by atoms with Gasteiger partial charge in [0.15, 0.2) is 0 Å². The van der Waals surface area contributed by atoms with Gasteiger partial charge >= 0.3 is 0 Å². The Hall–Kier alpha value is -0.380. The lowest BCUT2D eigenvalue weighted by Gasteiger charge is -1.86. The van der Waals surface area contributed by atoms with Crippen LogP contribution in [0.5, 0.6) is 0 Å². The standard InChI is InChI=1S/C8H8O3/c1-2-4-6(10-4)8-7(11-8)5-3(1)9-5/h1-8H/t3-,4+,5-,6+,7-,8+. The summed E-state index contributed by atoms with van der Waals surface area (Å²) < 4.78 is 16.2. The Morgan fingerprint density at radius 3 is 1.73 bits per heavy atom. The SMILES string of the molecule is C1=C[C@H]2O[C@H]2[C@H]2O[C@H]2[C@H]2O[C@@H]12. The largest absolute Gasteiger partial charge is 0.364 e. The third kappa shape index (κ3) is 0.596. The summed E-state index contributed by atoms with van der Waals surface area (Å²) in [5.74, 6) is 0. The van der Waals surface area contributed by atoms with E-state index in [0.29, 0.717) is 36.6 Å². The first-order valence-corrected chi connectivity index (χ1v) is 4.08. The fourth-order valence-electron chi connectivity index (χ4n) is 1.99. The third-order valence-corrected chi connectivity index (χ3v) is 2.82. The van der Waals surface area contributed by atoms with Crippen molar-refractivity contribution in [1.82, 2.24) is 0 Å². The average Bonchev–Trinajstić information content (AvgIpc) is 2.78. The van der Waals surface area contributed by atoms with Gasteiger partial charge in [-0.05, 0) is 0 Å². The number of rotatable bonds is 0. The molecular formula is C8H8O3. The van der Waals surface area contributed by atoms with Gasteiger partial charge < -0.3 is 14.2 Å². The Kier molecular flexibility index (Phi) is 0.673. The Labute approximate surface area is 63.9 Å². The summed E-state index contributed by atoms with van der Waals surface area (Å²) in [4.78, 5) is 0. The van der Waals surface area contributed by atoms with E-state index in [2.05, 4.69) is 12.2 Å². The molecule has 0 N–H and O–H groups in total. The van der Waals surface area contributed by atoms with E-state index in [1.54, 1.807) is 0 Å². The van der Waals surface area contributed by atoms with Crippen LogP contribution in [0.1, 0.15) is 0 Å². The van der Waals surface area contributed by atoms with Crippen molar-refractivity contribution in [2.75, 3.05) is 0 Å². The van der Waals surface area contributed by atoms with Crippen LogP contribution in [0.2, 0.25) is 0 Å². The maximum atomic E-state index is 5.46. The predicted octanol–water partition coefficient (Wildman–Crippen LogP) is -0.142. The van der Waals surface area contributed by atoms with Crippen LogP contribution < -0.4 is 0 Å². The van der Waals surface area contributed by atoms with Crippen LogP contribution in [0, 0.1) is 0 Å². The summed E-state index contributed by atoms with van der Waals surface area (Å²) in [5.41, 5.74) is 0. The highest BCUT2D eigenvalue weighted by molar-refractivity contribution is 5.22. The molecule has 11 heavy (non-hydrogen) atoms. The lowest BCUT2D eigenvalue weighted by Crippen LogP contribution is -2.12. The second-order valence-corrected chi connectivity index (χ2v) is 3.58. The number of ether oxygens (including phenoxy) is 3. The molecule has 0 bridgehead atoms. The Morgan fingerprint density at radius 1 is 0.636 bits per heavy atom. The molecule has 0 unspecified atom stereocenters. The molecule has 0 aromatic carbocycles. The first kappa shape index (κ1) is 5.30. The first-order valence-electron chi connectivity index (χ1n) is 4.08. The van der Waals surface area contributed by atoms with E-state index in [1.807, 2.05) is 0 Å². The van der Waals surface area contributed by atoms with Crippen LogP contribution in [-0.2, 0) is 14.2 Å². The summed E-state index contributed by atoms with van der Waals surface area (Å²) in [5, 5.41) is 0. The van der Waals surface area contributed by atoms with E-state index in [4.69, 9.17) is 14.2 Å². The molecule has 3 aliphatic heterocycles. The van der Waals surface area contributed by atoms with Crippen LogP contribution in [0.25, 0.3) is 0 Å². The predicted molar refractivity (Wildman–Crippen MR) is 35.1 cm³/mol. The molecule has 3 heterocycles. The molecule has 3 fully saturated rings. The van der Waals surface area contributed by atoms with Gasteiger partial charge in [0, 0.05) is 0 Å². The van der Waals surface area contributed by atoms with Crippen molar-refractivity contribution >= 4 is 0 Å². The van der Waals surface area contributed by atoms with Gasteiger partial charge in [-0.3, -0.25) is 0 Å². The van der Waals surface area contributed by atoms with E-state index in [0.717, 1.165) is 0 Å². The van der Waals surface area contributed by atoms with Crippen molar-refractivity contribution in [3.8, 4) is 0 Å². The van der Waals surface area contributed by atoms with Gasteiger partial charge in [0.25, 0.3) is 0 Å². The molecule has 0 radical (unpaired) electrons. The smallest absolute Gasteiger partial charge is 0.117 e. The zero-order valence-electron chi connectivity index (χ0n) is 5.84. The van der Waals surface area contributed by atoms with Gasteiger partial charge in [0.05, 0.1) is 0 Å². The van der Waals surface area contributed by atoms with Crippen LogP contribution in [-0.4, -0.2) is 36.6 Å². The highest BCUT2D eigenvalue weighted by Crippen LogP contribution is 2.48. The van der Waals surface area contributed by atoms with E-state index < -0.39 is 0 Å². The number of hydrogen-bond acceptors (Lipinski definition) is 3. The second kappa shape index (κ2) is 1.40. The maximum Gasteiger partial charge on any atom is 0.117 e. The molecule has 0 spiro atoms. The minimum atomic E-state index is 0.329. The molecule has 3 saturated heterocycles. The van der Waals surface area contributed by atoms with E-state index in [1.165, 1.54) is 0 Å². The van der Waals surface area contributed by atoms with Crippen LogP contribution in [0.4, 0.5) is 0 Å². The van der Waals surface area contributed by atoms with Crippen LogP contribution in [0.15, 0.2) is 12.2 Å². The minimum absolute atomic E-state index is 0.329. The molecule has 0 aromatic rings. The Bertz CT molecular complexity index is 226. The fraction of sp³-hybridized carbons (Fsp3) is 0.750. The monoisotopic (exact) mass is 152 g/mol. The van der Waals surface area contributed by atoms with Crippen LogP contribution >= 0.6 is 0 Å². The normalized spacial score (nSPS) is 68.4. The van der Waals surface area contributed by atoms with Crippen molar-refractivity contribution in [3.05, 3.63) is 12.2 Å². The van der Waals surface area contributed by atoms with Gasteiger partial charge in [0.2, 0.25) is 0 Å². The topological polar surface area (TPSA) is 37.6 Å². The summed E-state index contributed by atoms with van der Waals surface area (Å²) in [6.45, 7) is 0. The van der Waals surface area contributed by atoms with E-state index >= 15 is 0 Å². The zero-order chi connectivity index (χ0) is 7.00. The molecule has 0 saturated carbocycles. The number of fused-ring (bicyclic) bond motifs is 5. The van der Waals surface area contributed by atoms with Crippen molar-refractivity contribution < 1.29 is 14.2 Å². The molecule has 0 amide bonds. The summed E-state index contributed by atoms with van der Waals surface area (Å²) in [7, 11) is 0. The number of epoxide rings is 3. The zero-order valence-corrected chi connectivity index (χ0v) is 5.84. The van der Waals surface area contributed by atoms with Crippen LogP contribution in [0.3, 0.4) is 0 Å². The second-order valence-electron chi connectivity index (χ2n) is 3.58. The van der Waals surface area contributed by atoms with Gasteiger partial charge in [0.1, 0.15) is 36.6 Å². The fourth-order valence-corrected chi connectivity index (χ4v) is 1.99. The Balaban J connectivity index is 1.72. The average molecular weight is 152 g/mol. The van der Waals surface area contributed by atoms with Crippen molar-refractivity contribution in [2.24, 2.45) is 0 Å². The minimum Gasteiger partial charge on any atom is -0.364 e. The first-order chi connectivity index (χ1) is 5.43. The number of hydrogen-bond donors (Lipinski definition) is 0. The third-order valence-electron chi connectivity index (χ3n) is 2.82. The highest BCUT2D eigenvalue weighted by atomic mass is 16.7. The van der Waals surface area contributed by atoms with Gasteiger partial charge in [-0.2, -0.15) is 0 Å². The molecule has 4 aliphatic rings.